The molecule has 1 amide bonds. The van der Waals surface area contributed by atoms with Crippen LogP contribution in [0.3, 0.4) is 0 Å². The molecule has 1 N–H and O–H groups in total. The Bertz CT molecular complexity index is 504. The maximum absolute atomic E-state index is 12.2. The first-order chi connectivity index (χ1) is 9.71. The lowest BCUT2D eigenvalue weighted by molar-refractivity contribution is -0.120. The van der Waals surface area contributed by atoms with Crippen LogP contribution < -0.4 is 14.8 Å². The largest absolute Gasteiger partial charge is 0.493 e. The number of benzene rings is 1. The molecule has 0 bridgehead atoms. The number of rotatable bonds is 5. The summed E-state index contributed by atoms with van der Waals surface area (Å²) < 4.78 is 10.8. The maximum atomic E-state index is 12.2. The number of amides is 1. The van der Waals surface area contributed by atoms with Crippen molar-refractivity contribution in [3.05, 3.63) is 18.2 Å². The van der Waals surface area contributed by atoms with Crippen molar-refractivity contribution in [3.63, 3.8) is 0 Å². The van der Waals surface area contributed by atoms with Crippen molar-refractivity contribution >= 4 is 11.6 Å². The van der Waals surface area contributed by atoms with Gasteiger partial charge in [0.1, 0.15) is 0 Å². The summed E-state index contributed by atoms with van der Waals surface area (Å²) in [5, 5.41) is 3.00. The number of anilines is 1. The molecule has 0 aliphatic heterocycles. The van der Waals surface area contributed by atoms with Crippen molar-refractivity contribution in [2.24, 2.45) is 17.8 Å². The molecule has 2 unspecified atom stereocenters. The molecule has 4 nitrogen and oxygen atoms in total. The van der Waals surface area contributed by atoms with Crippen LogP contribution in [0.4, 0.5) is 5.69 Å². The summed E-state index contributed by atoms with van der Waals surface area (Å²) >= 11 is 0. The third-order valence-electron chi connectivity index (χ3n) is 4.35. The van der Waals surface area contributed by atoms with Gasteiger partial charge in [0, 0.05) is 17.7 Å². The van der Waals surface area contributed by atoms with E-state index in [1.807, 2.05) is 25.1 Å². The first kappa shape index (κ1) is 13.3. The summed E-state index contributed by atoms with van der Waals surface area (Å²) in [6, 6.07) is 5.51. The van der Waals surface area contributed by atoms with Gasteiger partial charge >= 0.3 is 0 Å². The molecule has 3 rings (SSSR count). The van der Waals surface area contributed by atoms with E-state index in [0.29, 0.717) is 18.1 Å². The van der Waals surface area contributed by atoms with Crippen molar-refractivity contribution in [3.8, 4) is 11.5 Å². The SMILES string of the molecule is CCOc1cc(NC(=O)C2CC3CC3C2)ccc1OC. The normalized spacial score (nSPS) is 26.8. The molecule has 2 atom stereocenters. The van der Waals surface area contributed by atoms with Gasteiger partial charge in [-0.15, -0.1) is 0 Å². The van der Waals surface area contributed by atoms with Crippen LogP contribution in [-0.4, -0.2) is 19.6 Å². The molecule has 2 fully saturated rings. The zero-order valence-corrected chi connectivity index (χ0v) is 12.0. The van der Waals surface area contributed by atoms with Gasteiger partial charge in [-0.05, 0) is 50.2 Å². The van der Waals surface area contributed by atoms with Crippen LogP contribution in [0.2, 0.25) is 0 Å². The Balaban J connectivity index is 1.67. The minimum absolute atomic E-state index is 0.143. The fraction of sp³-hybridized carbons (Fsp3) is 0.562. The van der Waals surface area contributed by atoms with Crippen LogP contribution in [-0.2, 0) is 4.79 Å². The van der Waals surface area contributed by atoms with Gasteiger partial charge in [-0.1, -0.05) is 0 Å². The molecule has 2 aliphatic carbocycles. The highest BCUT2D eigenvalue weighted by atomic mass is 16.5. The number of ether oxygens (including phenoxy) is 2. The first-order valence-corrected chi connectivity index (χ1v) is 7.33. The molecule has 108 valence electrons. The molecule has 0 saturated heterocycles. The molecule has 2 aliphatic rings. The summed E-state index contributed by atoms with van der Waals surface area (Å²) in [6.07, 6.45) is 3.46. The third-order valence-corrected chi connectivity index (χ3v) is 4.35. The summed E-state index contributed by atoms with van der Waals surface area (Å²) in [5.74, 6) is 3.33. The summed E-state index contributed by atoms with van der Waals surface area (Å²) in [7, 11) is 1.61. The van der Waals surface area contributed by atoms with Gasteiger partial charge in [0.2, 0.25) is 5.91 Å². The number of hydrogen-bond donors (Lipinski definition) is 1. The molecule has 4 heteroatoms. The minimum atomic E-state index is 0.143. The lowest BCUT2D eigenvalue weighted by Crippen LogP contribution is -2.21. The number of carbonyl (C=O) groups excluding carboxylic acids is 1. The Morgan fingerprint density at radius 3 is 2.65 bits per heavy atom. The van der Waals surface area contributed by atoms with Crippen LogP contribution in [0.25, 0.3) is 0 Å². The van der Waals surface area contributed by atoms with Gasteiger partial charge in [0.25, 0.3) is 0 Å². The van der Waals surface area contributed by atoms with Crippen LogP contribution in [0, 0.1) is 17.8 Å². The predicted octanol–water partition coefficient (Wildman–Crippen LogP) is 3.08. The van der Waals surface area contributed by atoms with Gasteiger partial charge in [-0.2, -0.15) is 0 Å². The first-order valence-electron chi connectivity index (χ1n) is 7.33. The number of nitrogens with one attached hydrogen (secondary N) is 1. The van der Waals surface area contributed by atoms with Crippen molar-refractivity contribution < 1.29 is 14.3 Å². The van der Waals surface area contributed by atoms with Crippen LogP contribution in [0.15, 0.2) is 18.2 Å². The molecular formula is C16H21NO3. The number of methoxy groups -OCH3 is 1. The highest BCUT2D eigenvalue weighted by molar-refractivity contribution is 5.93. The van der Waals surface area contributed by atoms with Gasteiger partial charge in [-0.25, -0.2) is 0 Å². The second-order valence-corrected chi connectivity index (χ2v) is 5.71. The molecule has 1 aromatic carbocycles. The summed E-state index contributed by atoms with van der Waals surface area (Å²) in [4.78, 5) is 12.2. The Hall–Kier alpha value is -1.71. The zero-order valence-electron chi connectivity index (χ0n) is 12.0. The maximum Gasteiger partial charge on any atom is 0.227 e. The quantitative estimate of drug-likeness (QED) is 0.898. The van der Waals surface area contributed by atoms with Crippen molar-refractivity contribution in [2.45, 2.75) is 26.2 Å². The van der Waals surface area contributed by atoms with E-state index in [1.54, 1.807) is 7.11 Å². The molecule has 0 radical (unpaired) electrons. The average molecular weight is 275 g/mol. The van der Waals surface area contributed by atoms with E-state index >= 15 is 0 Å². The molecular weight excluding hydrogens is 254 g/mol. The van der Waals surface area contributed by atoms with E-state index in [9.17, 15) is 4.79 Å². The van der Waals surface area contributed by atoms with E-state index in [2.05, 4.69) is 5.32 Å². The monoisotopic (exact) mass is 275 g/mol. The standard InChI is InChI=1S/C16H21NO3/c1-3-20-15-9-13(4-5-14(15)19-2)17-16(18)12-7-10-6-11(10)8-12/h4-5,9-12H,3,6-8H2,1-2H3,(H,17,18). The van der Waals surface area contributed by atoms with Gasteiger partial charge in [0.15, 0.2) is 11.5 Å². The molecule has 0 aromatic heterocycles. The van der Waals surface area contributed by atoms with Crippen molar-refractivity contribution in [2.75, 3.05) is 19.0 Å². The smallest absolute Gasteiger partial charge is 0.227 e. The zero-order chi connectivity index (χ0) is 14.1. The van der Waals surface area contributed by atoms with E-state index in [1.165, 1.54) is 6.42 Å². The van der Waals surface area contributed by atoms with Crippen molar-refractivity contribution in [1.29, 1.82) is 0 Å². The van der Waals surface area contributed by atoms with Crippen LogP contribution >= 0.6 is 0 Å². The highest BCUT2D eigenvalue weighted by Gasteiger charge is 2.47. The van der Waals surface area contributed by atoms with E-state index < -0.39 is 0 Å². The van der Waals surface area contributed by atoms with Gasteiger partial charge in [-0.3, -0.25) is 4.79 Å². The van der Waals surface area contributed by atoms with Gasteiger partial charge < -0.3 is 14.8 Å². The molecule has 0 spiro atoms. The Kier molecular flexibility index (Phi) is 3.55. The predicted molar refractivity (Wildman–Crippen MR) is 77.1 cm³/mol. The topological polar surface area (TPSA) is 47.6 Å². The second kappa shape index (κ2) is 5.35. The van der Waals surface area contributed by atoms with Crippen LogP contribution in [0.1, 0.15) is 26.2 Å². The van der Waals surface area contributed by atoms with Crippen molar-refractivity contribution in [1.82, 2.24) is 0 Å². The fourth-order valence-corrected chi connectivity index (χ4v) is 3.20. The van der Waals surface area contributed by atoms with E-state index in [-0.39, 0.29) is 11.8 Å². The lowest BCUT2D eigenvalue weighted by atomic mass is 10.0. The minimum Gasteiger partial charge on any atom is -0.493 e. The summed E-state index contributed by atoms with van der Waals surface area (Å²) in [6.45, 7) is 2.50. The summed E-state index contributed by atoms with van der Waals surface area (Å²) in [5.41, 5.74) is 0.778. The Morgan fingerprint density at radius 1 is 1.25 bits per heavy atom. The van der Waals surface area contributed by atoms with E-state index in [0.717, 1.165) is 30.4 Å². The Morgan fingerprint density at radius 2 is 2.00 bits per heavy atom. The average Bonchev–Trinajstić information content (AvgIpc) is 3.06. The molecule has 20 heavy (non-hydrogen) atoms. The molecule has 0 heterocycles. The third kappa shape index (κ3) is 2.60. The second-order valence-electron chi connectivity index (χ2n) is 5.71. The fourth-order valence-electron chi connectivity index (χ4n) is 3.20. The lowest BCUT2D eigenvalue weighted by Gasteiger charge is -2.14. The van der Waals surface area contributed by atoms with Gasteiger partial charge in [0.05, 0.1) is 13.7 Å². The molecule has 2 saturated carbocycles. The van der Waals surface area contributed by atoms with Crippen LogP contribution in [0.5, 0.6) is 11.5 Å². The number of fused-ring (bicyclic) bond motifs is 1. The highest BCUT2D eigenvalue weighted by Crippen LogP contribution is 2.54. The number of hydrogen-bond acceptors (Lipinski definition) is 3. The molecule has 1 aromatic rings. The van der Waals surface area contributed by atoms with E-state index in [4.69, 9.17) is 9.47 Å². The Labute approximate surface area is 119 Å². The number of carbonyl (C=O) groups is 1.